The Morgan fingerprint density at radius 1 is 0.882 bits per heavy atom. The van der Waals surface area contributed by atoms with E-state index in [1.165, 1.54) is 34.4 Å². The predicted octanol–water partition coefficient (Wildman–Crippen LogP) is 3.36. The topological polar surface area (TPSA) is 74.6 Å². The molecular weight excluding hydrogens is 280 g/mol. The van der Waals surface area contributed by atoms with E-state index in [1.54, 1.807) is 24.3 Å². The van der Waals surface area contributed by atoms with Crippen molar-refractivity contribution >= 4 is 46.4 Å². The average molecular weight is 286 g/mol. The molecule has 0 spiro atoms. The van der Waals surface area contributed by atoms with Crippen molar-refractivity contribution in [2.75, 3.05) is 0 Å². The van der Waals surface area contributed by atoms with E-state index in [-0.39, 0.29) is 9.75 Å². The number of carboxylic acid groups (broad SMARTS) is 2. The third kappa shape index (κ3) is 2.87. The van der Waals surface area contributed by atoms with E-state index in [1.807, 2.05) is 0 Å². The van der Waals surface area contributed by atoms with Gasteiger partial charge in [-0.2, -0.15) is 0 Å². The van der Waals surface area contributed by atoms with Gasteiger partial charge in [0.05, 0.1) is 8.42 Å². The third-order valence-corrected chi connectivity index (χ3v) is 5.20. The van der Waals surface area contributed by atoms with E-state index >= 15 is 0 Å². The second-order valence-electron chi connectivity index (χ2n) is 2.95. The normalized spacial score (nSPS) is 10.4. The molecule has 0 radical (unpaired) electrons. The number of thiophene rings is 2. The Labute approximate surface area is 109 Å². The predicted molar refractivity (Wildman–Crippen MR) is 66.7 cm³/mol. The van der Waals surface area contributed by atoms with Crippen LogP contribution in [0.25, 0.3) is 0 Å². The fraction of sp³-hybridized carbons (Fsp3) is 0. The van der Waals surface area contributed by atoms with Gasteiger partial charge < -0.3 is 10.2 Å². The van der Waals surface area contributed by atoms with Crippen LogP contribution in [0, 0.1) is 0 Å². The molecule has 0 aromatic carbocycles. The zero-order valence-electron chi connectivity index (χ0n) is 8.25. The second kappa shape index (κ2) is 4.91. The Kier molecular flexibility index (Phi) is 3.51. The lowest BCUT2D eigenvalue weighted by Gasteiger charge is -1.91. The van der Waals surface area contributed by atoms with E-state index in [0.717, 1.165) is 8.42 Å². The summed E-state index contributed by atoms with van der Waals surface area (Å²) in [7, 11) is 0. The maximum Gasteiger partial charge on any atom is 0.345 e. The SMILES string of the molecule is O=C(O)c1ccc(Sc2ccc(C(=O)O)s2)s1. The van der Waals surface area contributed by atoms with Gasteiger partial charge in [-0.1, -0.05) is 11.8 Å². The maximum absolute atomic E-state index is 10.7. The highest BCUT2D eigenvalue weighted by molar-refractivity contribution is 8.02. The monoisotopic (exact) mass is 286 g/mol. The highest BCUT2D eigenvalue weighted by Gasteiger charge is 2.11. The summed E-state index contributed by atoms with van der Waals surface area (Å²) in [5.41, 5.74) is 0. The molecule has 0 aliphatic carbocycles. The summed E-state index contributed by atoms with van der Waals surface area (Å²) in [5.74, 6) is -1.89. The van der Waals surface area contributed by atoms with Gasteiger partial charge in [-0.3, -0.25) is 0 Å². The Bertz CT molecular complexity index is 519. The van der Waals surface area contributed by atoms with E-state index in [4.69, 9.17) is 10.2 Å². The molecule has 0 saturated heterocycles. The molecule has 4 nitrogen and oxygen atoms in total. The Balaban J connectivity index is 2.13. The van der Waals surface area contributed by atoms with Crippen molar-refractivity contribution in [3.8, 4) is 0 Å². The minimum absolute atomic E-state index is 0.280. The Hall–Kier alpha value is -1.31. The summed E-state index contributed by atoms with van der Waals surface area (Å²) >= 11 is 3.73. The molecule has 0 unspecified atom stereocenters. The van der Waals surface area contributed by atoms with Crippen molar-refractivity contribution < 1.29 is 19.8 Å². The molecule has 0 saturated carbocycles. The maximum atomic E-state index is 10.7. The van der Waals surface area contributed by atoms with Crippen LogP contribution in [0.1, 0.15) is 19.3 Å². The van der Waals surface area contributed by atoms with Gasteiger partial charge >= 0.3 is 11.9 Å². The fourth-order valence-electron chi connectivity index (χ4n) is 1.08. The van der Waals surface area contributed by atoms with Crippen molar-refractivity contribution in [2.45, 2.75) is 8.42 Å². The lowest BCUT2D eigenvalue weighted by Crippen LogP contribution is -1.89. The first-order valence-corrected chi connectivity index (χ1v) is 6.85. The molecule has 0 bridgehead atoms. The fourth-order valence-corrected chi connectivity index (χ4v) is 4.27. The van der Waals surface area contributed by atoms with Gasteiger partial charge in [0, 0.05) is 0 Å². The first kappa shape index (κ1) is 12.2. The van der Waals surface area contributed by atoms with Crippen LogP contribution in [0.2, 0.25) is 0 Å². The number of hydrogen-bond donors (Lipinski definition) is 2. The zero-order valence-corrected chi connectivity index (χ0v) is 10.7. The van der Waals surface area contributed by atoms with Crippen LogP contribution in [0.5, 0.6) is 0 Å². The molecule has 0 aliphatic heterocycles. The first-order chi connectivity index (χ1) is 8.06. The number of carbonyl (C=O) groups is 2. The summed E-state index contributed by atoms with van der Waals surface area (Å²) in [6.45, 7) is 0. The van der Waals surface area contributed by atoms with Crippen LogP contribution in [0.4, 0.5) is 0 Å². The van der Waals surface area contributed by atoms with Crippen LogP contribution in [0.15, 0.2) is 32.7 Å². The van der Waals surface area contributed by atoms with E-state index in [0.29, 0.717) is 0 Å². The first-order valence-electron chi connectivity index (χ1n) is 4.40. The lowest BCUT2D eigenvalue weighted by molar-refractivity contribution is 0.0691. The van der Waals surface area contributed by atoms with Crippen LogP contribution in [0.3, 0.4) is 0 Å². The van der Waals surface area contributed by atoms with Gasteiger partial charge in [0.1, 0.15) is 9.75 Å². The Morgan fingerprint density at radius 2 is 1.29 bits per heavy atom. The van der Waals surface area contributed by atoms with Crippen molar-refractivity contribution in [2.24, 2.45) is 0 Å². The van der Waals surface area contributed by atoms with Crippen molar-refractivity contribution in [3.63, 3.8) is 0 Å². The minimum atomic E-state index is -0.945. The average Bonchev–Trinajstić information content (AvgIpc) is 2.87. The van der Waals surface area contributed by atoms with Crippen LogP contribution in [-0.4, -0.2) is 22.2 Å². The van der Waals surface area contributed by atoms with Crippen LogP contribution < -0.4 is 0 Å². The van der Waals surface area contributed by atoms with E-state index in [9.17, 15) is 9.59 Å². The molecule has 0 aliphatic rings. The summed E-state index contributed by atoms with van der Waals surface area (Å²) in [4.78, 5) is 21.9. The molecule has 88 valence electrons. The molecule has 2 aromatic rings. The van der Waals surface area contributed by atoms with Crippen LogP contribution in [-0.2, 0) is 0 Å². The van der Waals surface area contributed by atoms with E-state index < -0.39 is 11.9 Å². The Morgan fingerprint density at radius 3 is 1.59 bits per heavy atom. The standard InChI is InChI=1S/C10H6O4S3/c11-9(12)5-1-3-7(15-5)17-8-4-2-6(16-8)10(13)14/h1-4H,(H,11,12)(H,13,14). The number of rotatable bonds is 4. The summed E-state index contributed by atoms with van der Waals surface area (Å²) in [6.07, 6.45) is 0. The van der Waals surface area contributed by atoms with Gasteiger partial charge in [-0.05, 0) is 24.3 Å². The quantitative estimate of drug-likeness (QED) is 0.901. The van der Waals surface area contributed by atoms with Crippen molar-refractivity contribution in [1.82, 2.24) is 0 Å². The second-order valence-corrected chi connectivity index (χ2v) is 6.72. The summed E-state index contributed by atoms with van der Waals surface area (Å²) in [5, 5.41) is 17.5. The highest BCUT2D eigenvalue weighted by atomic mass is 32.2. The third-order valence-electron chi connectivity index (χ3n) is 1.79. The van der Waals surface area contributed by atoms with Gasteiger partial charge in [-0.25, -0.2) is 9.59 Å². The van der Waals surface area contributed by atoms with E-state index in [2.05, 4.69) is 0 Å². The molecule has 7 heteroatoms. The lowest BCUT2D eigenvalue weighted by atomic mass is 10.5. The summed E-state index contributed by atoms with van der Waals surface area (Å²) in [6, 6.07) is 6.53. The van der Waals surface area contributed by atoms with Crippen molar-refractivity contribution in [3.05, 3.63) is 34.0 Å². The van der Waals surface area contributed by atoms with Gasteiger partial charge in [0.2, 0.25) is 0 Å². The van der Waals surface area contributed by atoms with Gasteiger partial charge in [-0.15, -0.1) is 22.7 Å². The largest absolute Gasteiger partial charge is 0.477 e. The molecule has 0 fully saturated rings. The molecule has 2 heterocycles. The molecular formula is C10H6O4S3. The van der Waals surface area contributed by atoms with Crippen molar-refractivity contribution in [1.29, 1.82) is 0 Å². The molecule has 2 aromatic heterocycles. The highest BCUT2D eigenvalue weighted by Crippen LogP contribution is 2.37. The molecule has 17 heavy (non-hydrogen) atoms. The molecule has 0 amide bonds. The number of carboxylic acids is 2. The van der Waals surface area contributed by atoms with Gasteiger partial charge in [0.15, 0.2) is 0 Å². The molecule has 0 atom stereocenters. The molecule has 2 rings (SSSR count). The zero-order chi connectivity index (χ0) is 12.4. The number of hydrogen-bond acceptors (Lipinski definition) is 5. The smallest absolute Gasteiger partial charge is 0.345 e. The summed E-state index contributed by atoms with van der Waals surface area (Å²) < 4.78 is 1.67. The number of aromatic carboxylic acids is 2. The van der Waals surface area contributed by atoms with Gasteiger partial charge in [0.25, 0.3) is 0 Å². The minimum Gasteiger partial charge on any atom is -0.477 e. The van der Waals surface area contributed by atoms with Crippen LogP contribution >= 0.6 is 34.4 Å². The molecule has 2 N–H and O–H groups in total.